The minimum Gasteiger partial charge on any atom is -0.453 e. The standard InChI is InChI=1S/C32H32FN5O4S/c1-20-14-22(16-30(39)37-23-18-36-38(19-23)32(3,4)5)15-26(33)31(20)42-29-11-13-35-28-10-9-24(17-25(28)29)43(40,41)21(2)27-8-6-7-12-34-27/h6-15,17-19,21H,16H2,1-5H3,(H,37,39). The molecule has 2 aromatic carbocycles. The lowest BCUT2D eigenvalue weighted by atomic mass is 10.1. The van der Waals surface area contributed by atoms with Gasteiger partial charge in [-0.2, -0.15) is 5.10 Å². The molecule has 3 heterocycles. The first kappa shape index (κ1) is 29.8. The molecule has 0 spiro atoms. The molecule has 1 atom stereocenters. The van der Waals surface area contributed by atoms with Crippen LogP contribution in [0.4, 0.5) is 10.1 Å². The Hall–Kier alpha value is -4.64. The molecule has 43 heavy (non-hydrogen) atoms. The molecule has 0 aliphatic carbocycles. The molecule has 1 N–H and O–H groups in total. The van der Waals surface area contributed by atoms with Crippen molar-refractivity contribution < 1.29 is 22.3 Å². The number of ether oxygens (including phenoxy) is 1. The fraction of sp³-hybridized carbons (Fsp3) is 0.250. The Kier molecular flexibility index (Phi) is 8.02. The van der Waals surface area contributed by atoms with Gasteiger partial charge in [-0.15, -0.1) is 0 Å². The van der Waals surface area contributed by atoms with Gasteiger partial charge in [-0.05, 0) is 88.2 Å². The SMILES string of the molecule is Cc1cc(CC(=O)Nc2cnn(C(C)(C)C)c2)cc(F)c1Oc1ccnc2ccc(S(=O)(=O)C(C)c3ccccn3)cc12. The van der Waals surface area contributed by atoms with E-state index in [2.05, 4.69) is 20.4 Å². The Labute approximate surface area is 249 Å². The van der Waals surface area contributed by atoms with E-state index in [1.807, 2.05) is 20.8 Å². The van der Waals surface area contributed by atoms with Crippen LogP contribution in [0.15, 0.2) is 84.3 Å². The third-order valence-electron chi connectivity index (χ3n) is 6.99. The predicted molar refractivity (Wildman–Crippen MR) is 162 cm³/mol. The second kappa shape index (κ2) is 11.6. The van der Waals surface area contributed by atoms with Gasteiger partial charge in [0.25, 0.3) is 0 Å². The maximum absolute atomic E-state index is 15.4. The molecular weight excluding hydrogens is 569 g/mol. The first-order valence-electron chi connectivity index (χ1n) is 13.7. The van der Waals surface area contributed by atoms with Crippen LogP contribution < -0.4 is 10.1 Å². The maximum atomic E-state index is 15.4. The number of rotatable bonds is 8. The van der Waals surface area contributed by atoms with Crippen LogP contribution in [-0.4, -0.2) is 34.1 Å². The number of hydrogen-bond donors (Lipinski definition) is 1. The van der Waals surface area contributed by atoms with Crippen molar-refractivity contribution in [1.82, 2.24) is 19.7 Å². The van der Waals surface area contributed by atoms with Crippen molar-refractivity contribution >= 4 is 32.3 Å². The summed E-state index contributed by atoms with van der Waals surface area (Å²) in [7, 11) is -3.80. The predicted octanol–water partition coefficient (Wildman–Crippen LogP) is 6.54. The molecule has 1 unspecified atom stereocenters. The molecule has 0 aliphatic heterocycles. The zero-order valence-corrected chi connectivity index (χ0v) is 25.3. The van der Waals surface area contributed by atoms with Crippen LogP contribution in [0.2, 0.25) is 0 Å². The molecule has 0 radical (unpaired) electrons. The summed E-state index contributed by atoms with van der Waals surface area (Å²) in [6.07, 6.45) is 6.33. The molecule has 0 saturated heterocycles. The monoisotopic (exact) mass is 601 g/mol. The van der Waals surface area contributed by atoms with Gasteiger partial charge in [-0.1, -0.05) is 12.1 Å². The third-order valence-corrected chi connectivity index (χ3v) is 9.07. The van der Waals surface area contributed by atoms with Crippen LogP contribution in [0.3, 0.4) is 0 Å². The molecule has 5 rings (SSSR count). The number of carbonyl (C=O) groups excluding carboxylic acids is 1. The van der Waals surface area contributed by atoms with E-state index in [9.17, 15) is 13.2 Å². The normalized spacial score (nSPS) is 12.7. The van der Waals surface area contributed by atoms with Gasteiger partial charge in [0, 0.05) is 24.0 Å². The lowest BCUT2D eigenvalue weighted by molar-refractivity contribution is -0.115. The van der Waals surface area contributed by atoms with Gasteiger partial charge in [0.05, 0.1) is 40.0 Å². The average Bonchev–Trinajstić information content (AvgIpc) is 3.44. The molecule has 222 valence electrons. The highest BCUT2D eigenvalue weighted by Gasteiger charge is 2.27. The second-order valence-corrected chi connectivity index (χ2v) is 13.6. The average molecular weight is 602 g/mol. The highest BCUT2D eigenvalue weighted by Crippen LogP contribution is 2.36. The van der Waals surface area contributed by atoms with Crippen molar-refractivity contribution in [1.29, 1.82) is 0 Å². The first-order chi connectivity index (χ1) is 20.3. The Bertz CT molecular complexity index is 1890. The molecule has 0 saturated carbocycles. The minimum absolute atomic E-state index is 0.0294. The van der Waals surface area contributed by atoms with Crippen molar-refractivity contribution in [3.8, 4) is 11.5 Å². The number of hydrogen-bond acceptors (Lipinski definition) is 7. The van der Waals surface area contributed by atoms with E-state index < -0.39 is 20.9 Å². The number of anilines is 1. The fourth-order valence-corrected chi connectivity index (χ4v) is 6.04. The van der Waals surface area contributed by atoms with Crippen LogP contribution in [0, 0.1) is 12.7 Å². The van der Waals surface area contributed by atoms with Crippen molar-refractivity contribution in [2.75, 3.05) is 5.32 Å². The Morgan fingerprint density at radius 1 is 1.07 bits per heavy atom. The highest BCUT2D eigenvalue weighted by atomic mass is 32.2. The number of fused-ring (bicyclic) bond motifs is 1. The van der Waals surface area contributed by atoms with E-state index in [1.165, 1.54) is 24.4 Å². The zero-order valence-electron chi connectivity index (χ0n) is 24.5. The fourth-order valence-electron chi connectivity index (χ4n) is 4.63. The number of carbonyl (C=O) groups is 1. The number of amides is 1. The van der Waals surface area contributed by atoms with Gasteiger partial charge in [0.15, 0.2) is 21.4 Å². The lowest BCUT2D eigenvalue weighted by Crippen LogP contribution is -2.22. The summed E-state index contributed by atoms with van der Waals surface area (Å²) >= 11 is 0. The molecule has 0 aliphatic rings. The number of nitrogens with one attached hydrogen (secondary N) is 1. The number of pyridine rings is 2. The molecule has 3 aromatic heterocycles. The first-order valence-corrected chi connectivity index (χ1v) is 15.2. The summed E-state index contributed by atoms with van der Waals surface area (Å²) in [5.74, 6) is -0.746. The van der Waals surface area contributed by atoms with Gasteiger partial charge < -0.3 is 10.1 Å². The highest BCUT2D eigenvalue weighted by molar-refractivity contribution is 7.91. The van der Waals surface area contributed by atoms with Crippen molar-refractivity contribution in [3.05, 3.63) is 102 Å². The van der Waals surface area contributed by atoms with Crippen molar-refractivity contribution in [2.24, 2.45) is 0 Å². The molecule has 0 bridgehead atoms. The molecular formula is C32H32FN5O4S. The second-order valence-electron chi connectivity index (χ2n) is 11.3. The van der Waals surface area contributed by atoms with E-state index in [-0.39, 0.29) is 34.3 Å². The largest absolute Gasteiger partial charge is 0.453 e. The molecule has 1 amide bonds. The van der Waals surface area contributed by atoms with Gasteiger partial charge >= 0.3 is 0 Å². The van der Waals surface area contributed by atoms with Crippen LogP contribution in [0.5, 0.6) is 11.5 Å². The van der Waals surface area contributed by atoms with Gasteiger partial charge in [0.2, 0.25) is 5.91 Å². The Morgan fingerprint density at radius 3 is 2.53 bits per heavy atom. The van der Waals surface area contributed by atoms with Crippen LogP contribution in [0.1, 0.15) is 49.8 Å². The van der Waals surface area contributed by atoms with Crippen molar-refractivity contribution in [2.45, 2.75) is 56.7 Å². The molecule has 5 aromatic rings. The number of benzene rings is 2. The number of nitrogens with zero attached hydrogens (tertiary/aromatic N) is 4. The zero-order chi connectivity index (χ0) is 30.9. The third kappa shape index (κ3) is 6.41. The number of halogens is 1. The van der Waals surface area contributed by atoms with Gasteiger partial charge in [0.1, 0.15) is 11.0 Å². The molecule has 0 fully saturated rings. The molecule has 9 nitrogen and oxygen atoms in total. The van der Waals surface area contributed by atoms with E-state index in [0.29, 0.717) is 33.4 Å². The summed E-state index contributed by atoms with van der Waals surface area (Å²) in [6.45, 7) is 9.27. The van der Waals surface area contributed by atoms with E-state index >= 15 is 4.39 Å². The number of aryl methyl sites for hydroxylation is 1. The Balaban J connectivity index is 1.38. The summed E-state index contributed by atoms with van der Waals surface area (Å²) < 4.78 is 50.0. The number of sulfone groups is 1. The van der Waals surface area contributed by atoms with Crippen molar-refractivity contribution in [3.63, 3.8) is 0 Å². The van der Waals surface area contributed by atoms with Crippen LogP contribution in [0.25, 0.3) is 10.9 Å². The molecule has 11 heteroatoms. The van der Waals surface area contributed by atoms with Crippen LogP contribution in [-0.2, 0) is 26.6 Å². The van der Waals surface area contributed by atoms with Gasteiger partial charge in [-0.25, -0.2) is 12.8 Å². The van der Waals surface area contributed by atoms with Gasteiger partial charge in [-0.3, -0.25) is 19.4 Å². The smallest absolute Gasteiger partial charge is 0.228 e. The van der Waals surface area contributed by atoms with Crippen LogP contribution >= 0.6 is 0 Å². The summed E-state index contributed by atoms with van der Waals surface area (Å²) in [4.78, 5) is 21.3. The summed E-state index contributed by atoms with van der Waals surface area (Å²) in [5.41, 5.74) is 2.19. The van der Waals surface area contributed by atoms with E-state index in [4.69, 9.17) is 4.74 Å². The maximum Gasteiger partial charge on any atom is 0.228 e. The quantitative estimate of drug-likeness (QED) is 0.215. The van der Waals surface area contributed by atoms with E-state index in [0.717, 1.165) is 0 Å². The summed E-state index contributed by atoms with van der Waals surface area (Å²) in [6, 6.07) is 14.2. The number of aromatic nitrogens is 4. The summed E-state index contributed by atoms with van der Waals surface area (Å²) in [5, 5.41) is 6.60. The van der Waals surface area contributed by atoms with E-state index in [1.54, 1.807) is 73.5 Å². The minimum atomic E-state index is -3.80. The Morgan fingerprint density at radius 2 is 1.86 bits per heavy atom. The lowest BCUT2D eigenvalue weighted by Gasteiger charge is -2.18. The topological polar surface area (TPSA) is 116 Å².